The molecule has 0 fully saturated rings. The lowest BCUT2D eigenvalue weighted by molar-refractivity contribution is -0.303. The van der Waals surface area contributed by atoms with E-state index in [2.05, 4.69) is 14.7 Å². The monoisotopic (exact) mass is 629 g/mol. The summed E-state index contributed by atoms with van der Waals surface area (Å²) >= 11 is 1.24. The Kier molecular flexibility index (Phi) is 7.85. The number of carbonyl (C=O) groups is 1. The van der Waals surface area contributed by atoms with Gasteiger partial charge in [0.05, 0.1) is 25.6 Å². The van der Waals surface area contributed by atoms with Gasteiger partial charge in [-0.2, -0.15) is 5.16 Å². The summed E-state index contributed by atoms with van der Waals surface area (Å²) in [5.74, 6) is -2.04. The highest BCUT2D eigenvalue weighted by atomic mass is 32.1. The van der Waals surface area contributed by atoms with E-state index >= 15 is 4.39 Å². The molecular weight excluding hydrogens is 606 g/mol. The summed E-state index contributed by atoms with van der Waals surface area (Å²) in [6.45, 7) is 1.02. The summed E-state index contributed by atoms with van der Waals surface area (Å²) in [4.78, 5) is 45.2. The molecule has 13 heteroatoms. The number of hydrogen-bond acceptors (Lipinski definition) is 9. The lowest BCUT2D eigenvalue weighted by Gasteiger charge is -2.14. The van der Waals surface area contributed by atoms with Crippen LogP contribution in [0.25, 0.3) is 32.7 Å². The average molecular weight is 630 g/mol. The number of ketones is 1. The summed E-state index contributed by atoms with van der Waals surface area (Å²) in [6, 6.07) is 16.6. The number of fused-ring (bicyclic) bond motifs is 1. The van der Waals surface area contributed by atoms with Crippen LogP contribution in [-0.4, -0.2) is 32.2 Å². The zero-order valence-corrected chi connectivity index (χ0v) is 24.7. The van der Waals surface area contributed by atoms with Crippen LogP contribution in [0.2, 0.25) is 0 Å². The second-order valence-corrected chi connectivity index (χ2v) is 11.2. The van der Waals surface area contributed by atoms with Gasteiger partial charge in [0.15, 0.2) is 29.3 Å². The van der Waals surface area contributed by atoms with Gasteiger partial charge in [0.1, 0.15) is 10.6 Å². The minimum Gasteiger partial charge on any atom is -0.528 e. The van der Waals surface area contributed by atoms with E-state index in [1.165, 1.54) is 47.3 Å². The maximum Gasteiger partial charge on any atom is 0.332 e. The van der Waals surface area contributed by atoms with E-state index in [1.54, 1.807) is 36.4 Å². The molecule has 6 rings (SSSR count). The van der Waals surface area contributed by atoms with Crippen LogP contribution < -0.4 is 21.1 Å². The van der Waals surface area contributed by atoms with Crippen LogP contribution in [0.5, 0.6) is 11.8 Å². The average Bonchev–Trinajstić information content (AvgIpc) is 3.68. The SMILES string of the molecule is CCc1cc2c(=O)n(CC(=O)c3ccc(OC)c(F)c3)c(=O)n(Cc3ccc(-c4ccccc4-c4noc([O-])n4)cc3F)c2s1. The van der Waals surface area contributed by atoms with Gasteiger partial charge in [0, 0.05) is 21.6 Å². The molecule has 228 valence electrons. The van der Waals surface area contributed by atoms with Crippen molar-refractivity contribution in [2.75, 3.05) is 7.11 Å². The fourth-order valence-electron chi connectivity index (χ4n) is 5.04. The Bertz CT molecular complexity index is 2220. The first-order valence-electron chi connectivity index (χ1n) is 13.7. The van der Waals surface area contributed by atoms with Crippen molar-refractivity contribution in [3.63, 3.8) is 0 Å². The molecule has 0 aliphatic heterocycles. The van der Waals surface area contributed by atoms with Gasteiger partial charge in [-0.3, -0.25) is 18.7 Å². The van der Waals surface area contributed by atoms with Gasteiger partial charge in [-0.05, 0) is 47.9 Å². The minimum absolute atomic E-state index is 0.0416. The maximum absolute atomic E-state index is 15.7. The quantitative estimate of drug-likeness (QED) is 0.209. The van der Waals surface area contributed by atoms with Crippen molar-refractivity contribution >= 4 is 27.3 Å². The molecule has 0 saturated heterocycles. The van der Waals surface area contributed by atoms with Gasteiger partial charge in [-0.25, -0.2) is 18.6 Å². The van der Waals surface area contributed by atoms with Crippen molar-refractivity contribution in [3.05, 3.63) is 115 Å². The second-order valence-electron chi connectivity index (χ2n) is 10.1. The lowest BCUT2D eigenvalue weighted by Crippen LogP contribution is -2.41. The fourth-order valence-corrected chi connectivity index (χ4v) is 6.12. The van der Waals surface area contributed by atoms with Gasteiger partial charge in [-0.15, -0.1) is 11.3 Å². The molecule has 3 heterocycles. The molecule has 0 aliphatic carbocycles. The zero-order valence-electron chi connectivity index (χ0n) is 23.9. The van der Waals surface area contributed by atoms with Gasteiger partial charge < -0.3 is 14.4 Å². The molecule has 0 atom stereocenters. The number of halogens is 2. The third-order valence-corrected chi connectivity index (χ3v) is 8.64. The van der Waals surface area contributed by atoms with E-state index in [1.807, 2.05) is 6.92 Å². The molecule has 0 amide bonds. The summed E-state index contributed by atoms with van der Waals surface area (Å²) in [5, 5.41) is 15.3. The summed E-state index contributed by atoms with van der Waals surface area (Å²) < 4.78 is 41.5. The van der Waals surface area contributed by atoms with E-state index in [4.69, 9.17) is 4.74 Å². The number of thiophene rings is 1. The topological polar surface area (TPSA) is 132 Å². The van der Waals surface area contributed by atoms with Crippen molar-refractivity contribution in [1.29, 1.82) is 0 Å². The normalized spacial score (nSPS) is 11.3. The van der Waals surface area contributed by atoms with Crippen LogP contribution in [-0.2, 0) is 19.5 Å². The number of methoxy groups -OCH3 is 1. The molecule has 0 aliphatic rings. The summed E-state index contributed by atoms with van der Waals surface area (Å²) in [5.41, 5.74) is 0.122. The first kappa shape index (κ1) is 29.6. The highest BCUT2D eigenvalue weighted by Gasteiger charge is 2.21. The Balaban J connectivity index is 1.40. The number of carbonyl (C=O) groups excluding carboxylic acids is 1. The number of nitrogens with zero attached hydrogens (tertiary/aromatic N) is 4. The number of benzene rings is 3. The third-order valence-electron chi connectivity index (χ3n) is 7.34. The molecule has 45 heavy (non-hydrogen) atoms. The summed E-state index contributed by atoms with van der Waals surface area (Å²) in [6.07, 6.45) is -0.259. The second kappa shape index (κ2) is 11.9. The fraction of sp³-hybridized carbons (Fsp3) is 0.156. The Labute approximate surface area is 257 Å². The number of aryl methyl sites for hydroxylation is 1. The van der Waals surface area contributed by atoms with Crippen LogP contribution in [0.1, 0.15) is 27.7 Å². The number of Topliss-reactive ketones (excluding diaryl/α,β-unsaturated/α-hetero) is 1. The standard InChI is InChI=1S/C32H24F2N4O6S/c1-3-20-14-23-29(40)37(16-26(39)18-10-11-27(43-2)25(34)13-18)32(42)38(30(23)45-20)15-19-9-8-17(12-24(19)33)21-6-4-5-7-22(21)28-35-31(41)44-36-28/h4-14H,3,15-16H2,1-2H3,(H,35,36,41)/p-1. The molecule has 0 unspecified atom stereocenters. The predicted octanol–water partition coefficient (Wildman–Crippen LogP) is 4.80. The highest BCUT2D eigenvalue weighted by molar-refractivity contribution is 7.18. The van der Waals surface area contributed by atoms with E-state index < -0.39 is 41.3 Å². The smallest absolute Gasteiger partial charge is 0.332 e. The number of hydrogen-bond donors (Lipinski definition) is 0. The van der Waals surface area contributed by atoms with E-state index in [9.17, 15) is 23.9 Å². The Hall–Kier alpha value is -5.43. The van der Waals surface area contributed by atoms with Gasteiger partial charge in [0.2, 0.25) is 0 Å². The highest BCUT2D eigenvalue weighted by Crippen LogP contribution is 2.32. The Morgan fingerprint density at radius 2 is 1.78 bits per heavy atom. The van der Waals surface area contributed by atoms with E-state index in [0.717, 1.165) is 15.5 Å². The van der Waals surface area contributed by atoms with Crippen LogP contribution in [0.4, 0.5) is 8.78 Å². The molecule has 3 aromatic carbocycles. The minimum atomic E-state index is -0.850. The number of rotatable bonds is 9. The molecular formula is C32H23F2N4O6S-. The van der Waals surface area contributed by atoms with Crippen molar-refractivity contribution < 1.29 is 27.9 Å². The molecule has 0 bridgehead atoms. The van der Waals surface area contributed by atoms with Crippen molar-refractivity contribution in [3.8, 4) is 34.3 Å². The van der Waals surface area contributed by atoms with Gasteiger partial charge >= 0.3 is 5.69 Å². The third kappa shape index (κ3) is 5.53. The largest absolute Gasteiger partial charge is 0.528 e. The first-order valence-corrected chi connectivity index (χ1v) is 14.5. The van der Waals surface area contributed by atoms with Crippen molar-refractivity contribution in [2.45, 2.75) is 26.4 Å². The van der Waals surface area contributed by atoms with E-state index in [-0.39, 0.29) is 34.6 Å². The maximum atomic E-state index is 15.7. The Morgan fingerprint density at radius 3 is 2.44 bits per heavy atom. The molecule has 10 nitrogen and oxygen atoms in total. The number of ether oxygens (including phenoxy) is 1. The van der Waals surface area contributed by atoms with E-state index in [0.29, 0.717) is 27.9 Å². The molecule has 0 saturated carbocycles. The first-order chi connectivity index (χ1) is 21.7. The van der Waals surface area contributed by atoms with Crippen molar-refractivity contribution in [2.24, 2.45) is 0 Å². The van der Waals surface area contributed by atoms with Crippen molar-refractivity contribution in [1.82, 2.24) is 19.3 Å². The molecule has 0 N–H and O–H groups in total. The Morgan fingerprint density at radius 1 is 1.00 bits per heavy atom. The molecule has 0 spiro atoms. The summed E-state index contributed by atoms with van der Waals surface area (Å²) in [7, 11) is 1.29. The van der Waals surface area contributed by atoms with Gasteiger partial charge in [-0.1, -0.05) is 43.3 Å². The molecule has 3 aromatic heterocycles. The molecule has 6 aromatic rings. The lowest BCUT2D eigenvalue weighted by atomic mass is 9.98. The molecule has 0 radical (unpaired) electrons. The van der Waals surface area contributed by atoms with Crippen LogP contribution in [0, 0.1) is 11.6 Å². The zero-order chi connectivity index (χ0) is 31.8. The predicted molar refractivity (Wildman–Crippen MR) is 161 cm³/mol. The number of aromatic nitrogens is 4. The van der Waals surface area contributed by atoms with Crippen LogP contribution in [0.3, 0.4) is 0 Å². The van der Waals surface area contributed by atoms with Gasteiger partial charge in [0.25, 0.3) is 5.56 Å². The van der Waals surface area contributed by atoms with Crippen LogP contribution >= 0.6 is 11.3 Å². The van der Waals surface area contributed by atoms with Crippen LogP contribution in [0.15, 0.2) is 80.8 Å².